The summed E-state index contributed by atoms with van der Waals surface area (Å²) in [5, 5.41) is 31.4. The second-order valence-electron chi connectivity index (χ2n) is 2.92. The Morgan fingerprint density at radius 2 is 1.71 bits per heavy atom. The molecule has 7 nitrogen and oxygen atoms in total. The molecule has 0 amide bonds. The fourth-order valence-electron chi connectivity index (χ4n) is 1.02. The van der Waals surface area contributed by atoms with E-state index < -0.39 is 11.9 Å². The van der Waals surface area contributed by atoms with Crippen LogP contribution in [0.25, 0.3) is 0 Å². The molecular weight excluding hydrogens is 250 g/mol. The molecule has 0 spiro atoms. The third-order valence-electron chi connectivity index (χ3n) is 1.64. The Morgan fingerprint density at radius 3 is 2.12 bits per heavy atom. The number of hydrogen-bond donors (Lipinski definition) is 2. The number of carbonyl (C=O) groups is 2. The van der Waals surface area contributed by atoms with E-state index in [9.17, 15) is 19.8 Å². The quantitative estimate of drug-likeness (QED) is 0.314. The molecule has 0 aromatic rings. The van der Waals surface area contributed by atoms with Crippen LogP contribution in [-0.2, 0) is 9.59 Å². The van der Waals surface area contributed by atoms with E-state index in [1.807, 2.05) is 0 Å². The van der Waals surface area contributed by atoms with Gasteiger partial charge in [-0.05, 0) is 0 Å². The topological polar surface area (TPSA) is 116 Å². The van der Waals surface area contributed by atoms with Gasteiger partial charge in [0.15, 0.2) is 0 Å². The number of hydrogen-bond acceptors (Lipinski definition) is 7. The van der Waals surface area contributed by atoms with Crippen molar-refractivity contribution >= 4 is 11.9 Å². The van der Waals surface area contributed by atoms with Crippen LogP contribution < -0.4 is 74.6 Å². The number of aliphatic hydroxyl groups is 1. The Morgan fingerprint density at radius 1 is 1.12 bits per heavy atom. The van der Waals surface area contributed by atoms with Crippen LogP contribution in [0.5, 0.6) is 0 Å². The molecule has 0 heterocycles. The monoisotopic (exact) mass is 264 g/mol. The summed E-state index contributed by atoms with van der Waals surface area (Å²) in [5.74, 6) is -2.45. The van der Waals surface area contributed by atoms with E-state index in [2.05, 4.69) is 5.32 Å². The molecule has 0 aliphatic carbocycles. The van der Waals surface area contributed by atoms with Gasteiger partial charge in [-0.15, -0.1) is 0 Å². The molecule has 0 aliphatic heterocycles. The van der Waals surface area contributed by atoms with E-state index >= 15 is 0 Å². The molecule has 0 rings (SSSR count). The zero-order chi connectivity index (χ0) is 11.7. The molecular formula is C8H14N2Na2O5. The second-order valence-corrected chi connectivity index (χ2v) is 2.92. The average Bonchev–Trinajstić information content (AvgIpc) is 2.11. The minimum Gasteiger partial charge on any atom is -0.549 e. The predicted molar refractivity (Wildman–Crippen MR) is 46.4 cm³/mol. The molecule has 0 aromatic heterocycles. The van der Waals surface area contributed by atoms with Crippen molar-refractivity contribution in [2.75, 3.05) is 39.3 Å². The zero-order valence-corrected chi connectivity index (χ0v) is 14.3. The van der Waals surface area contributed by atoms with Gasteiger partial charge in [-0.1, -0.05) is 0 Å². The van der Waals surface area contributed by atoms with Gasteiger partial charge < -0.3 is 30.2 Å². The number of carbonyl (C=O) groups excluding carboxylic acids is 2. The van der Waals surface area contributed by atoms with E-state index in [1.54, 1.807) is 0 Å². The average molecular weight is 264 g/mol. The van der Waals surface area contributed by atoms with Gasteiger partial charge >= 0.3 is 59.1 Å². The van der Waals surface area contributed by atoms with Crippen molar-refractivity contribution in [1.82, 2.24) is 10.2 Å². The van der Waals surface area contributed by atoms with E-state index in [0.29, 0.717) is 13.1 Å². The van der Waals surface area contributed by atoms with Crippen molar-refractivity contribution in [3.05, 3.63) is 0 Å². The molecule has 0 saturated carbocycles. The molecule has 17 heavy (non-hydrogen) atoms. The van der Waals surface area contributed by atoms with E-state index in [0.717, 1.165) is 0 Å². The molecule has 0 unspecified atom stereocenters. The van der Waals surface area contributed by atoms with Gasteiger partial charge in [0.2, 0.25) is 0 Å². The van der Waals surface area contributed by atoms with Gasteiger partial charge in [-0.2, -0.15) is 0 Å². The number of carboxylic acids is 2. The third kappa shape index (κ3) is 16.8. The van der Waals surface area contributed by atoms with Crippen molar-refractivity contribution in [3.8, 4) is 0 Å². The van der Waals surface area contributed by atoms with E-state index in [4.69, 9.17) is 5.11 Å². The Labute approximate surface area is 144 Å². The van der Waals surface area contributed by atoms with Crippen molar-refractivity contribution < 1.29 is 84.0 Å². The minimum absolute atomic E-state index is 0. The van der Waals surface area contributed by atoms with Crippen LogP contribution in [0.1, 0.15) is 0 Å². The van der Waals surface area contributed by atoms with Crippen LogP contribution >= 0.6 is 0 Å². The predicted octanol–water partition coefficient (Wildman–Crippen LogP) is -10.6. The van der Waals surface area contributed by atoms with Crippen LogP contribution in [0.2, 0.25) is 0 Å². The van der Waals surface area contributed by atoms with Crippen molar-refractivity contribution in [1.29, 1.82) is 0 Å². The van der Waals surface area contributed by atoms with Crippen LogP contribution in [0.4, 0.5) is 0 Å². The number of nitrogens with one attached hydrogen (secondary N) is 1. The summed E-state index contributed by atoms with van der Waals surface area (Å²) < 4.78 is 0. The number of carboxylic acid groups (broad SMARTS) is 2. The first-order chi connectivity index (χ1) is 7.06. The fourth-order valence-corrected chi connectivity index (χ4v) is 1.02. The summed E-state index contributed by atoms with van der Waals surface area (Å²) in [7, 11) is 0. The Hall–Kier alpha value is 0.820. The second kappa shape index (κ2) is 14.9. The molecule has 9 heteroatoms. The number of rotatable bonds is 9. The van der Waals surface area contributed by atoms with Crippen LogP contribution in [0.15, 0.2) is 0 Å². The molecule has 0 bridgehead atoms. The largest absolute Gasteiger partial charge is 1.00 e. The van der Waals surface area contributed by atoms with Gasteiger partial charge in [0, 0.05) is 32.7 Å². The summed E-state index contributed by atoms with van der Waals surface area (Å²) >= 11 is 0. The summed E-state index contributed by atoms with van der Waals surface area (Å²) in [6, 6.07) is 0. The number of aliphatic hydroxyl groups excluding tert-OH is 1. The number of aliphatic carboxylic acids is 2. The van der Waals surface area contributed by atoms with Crippen LogP contribution in [0, 0.1) is 0 Å². The molecule has 2 N–H and O–H groups in total. The molecule has 0 saturated heterocycles. The SMILES string of the molecule is O=C([O-])CNCCN(CCO)CC(=O)[O-].[Na+].[Na+]. The molecule has 0 aliphatic rings. The maximum atomic E-state index is 10.3. The summed E-state index contributed by atoms with van der Waals surface area (Å²) in [6.45, 7) is 0.115. The zero-order valence-electron chi connectivity index (χ0n) is 10.3. The van der Waals surface area contributed by atoms with Crippen LogP contribution in [0.3, 0.4) is 0 Å². The summed E-state index contributed by atoms with van der Waals surface area (Å²) in [4.78, 5) is 21.7. The molecule has 0 radical (unpaired) electrons. The van der Waals surface area contributed by atoms with Gasteiger partial charge in [-0.3, -0.25) is 4.90 Å². The maximum Gasteiger partial charge on any atom is 1.00 e. The van der Waals surface area contributed by atoms with Crippen molar-refractivity contribution in [2.24, 2.45) is 0 Å². The fraction of sp³-hybridized carbons (Fsp3) is 0.750. The standard InChI is InChI=1S/C8H16N2O5.2Na/c11-4-3-10(6-8(14)15)2-1-9-5-7(12)13;;/h9,11H,1-6H2,(H,12,13)(H,14,15);;/q;2*+1/p-2. The minimum atomic E-state index is -1.23. The Balaban J connectivity index is -0.000000980. The molecule has 88 valence electrons. The molecule has 0 atom stereocenters. The Bertz CT molecular complexity index is 218. The van der Waals surface area contributed by atoms with Gasteiger partial charge in [0.1, 0.15) is 0 Å². The van der Waals surface area contributed by atoms with E-state index in [-0.39, 0.29) is 85.4 Å². The first-order valence-electron chi connectivity index (χ1n) is 4.50. The number of nitrogens with zero attached hydrogens (tertiary/aromatic N) is 1. The van der Waals surface area contributed by atoms with Crippen molar-refractivity contribution in [3.63, 3.8) is 0 Å². The molecule has 0 aromatic carbocycles. The van der Waals surface area contributed by atoms with Crippen LogP contribution in [-0.4, -0.2) is 61.3 Å². The first kappa shape index (κ1) is 23.0. The normalized spacial score (nSPS) is 9.29. The summed E-state index contributed by atoms with van der Waals surface area (Å²) in [5.41, 5.74) is 0. The maximum absolute atomic E-state index is 10.3. The van der Waals surface area contributed by atoms with Crippen molar-refractivity contribution in [2.45, 2.75) is 0 Å². The van der Waals surface area contributed by atoms with Gasteiger partial charge in [0.05, 0.1) is 18.5 Å². The Kier molecular flexibility index (Phi) is 20.1. The molecule has 0 fully saturated rings. The first-order valence-corrected chi connectivity index (χ1v) is 4.50. The van der Waals surface area contributed by atoms with Gasteiger partial charge in [-0.25, -0.2) is 0 Å². The van der Waals surface area contributed by atoms with Gasteiger partial charge in [0.25, 0.3) is 0 Å². The third-order valence-corrected chi connectivity index (χ3v) is 1.64. The van der Waals surface area contributed by atoms with E-state index in [1.165, 1.54) is 4.90 Å². The smallest absolute Gasteiger partial charge is 0.549 e. The summed E-state index contributed by atoms with van der Waals surface area (Å²) in [6.07, 6.45) is 0.